The van der Waals surface area contributed by atoms with Gasteiger partial charge in [0.15, 0.2) is 6.10 Å². The molecule has 3 aromatic rings. The number of hydrogen-bond donors (Lipinski definition) is 3. The number of aromatic nitrogens is 3. The number of nitrogens with one attached hydrogen (secondary N) is 1. The van der Waals surface area contributed by atoms with E-state index in [1.165, 1.54) is 11.1 Å². The van der Waals surface area contributed by atoms with E-state index in [-0.39, 0.29) is 12.4 Å². The normalized spacial score (nSPS) is 14.2. The number of pyridine rings is 1. The summed E-state index contributed by atoms with van der Waals surface area (Å²) in [7, 11) is 0. The molecule has 2 aromatic heterocycles. The molecule has 0 fully saturated rings. The van der Waals surface area contributed by atoms with E-state index in [0.717, 1.165) is 6.42 Å². The second-order valence-electron chi connectivity index (χ2n) is 10.1. The number of anilines is 1. The Morgan fingerprint density at radius 1 is 1.16 bits per heavy atom. The fourth-order valence-corrected chi connectivity index (χ4v) is 4.66. The third-order valence-corrected chi connectivity index (χ3v) is 7.07. The number of carbonyl (C=O) groups excluding carboxylic acids is 1. The number of fused-ring (bicyclic) bond motifs is 1. The molecule has 0 aliphatic rings. The van der Waals surface area contributed by atoms with Crippen LogP contribution in [-0.4, -0.2) is 59.8 Å². The van der Waals surface area contributed by atoms with E-state index in [1.807, 2.05) is 32.3 Å². The summed E-state index contributed by atoms with van der Waals surface area (Å²) in [6, 6.07) is 6.75. The summed E-state index contributed by atoms with van der Waals surface area (Å²) in [5.41, 5.74) is 0.765. The average Bonchev–Trinajstić information content (AvgIpc) is 3.21. The third-order valence-electron chi connectivity index (χ3n) is 6.35. The highest BCUT2D eigenvalue weighted by Crippen LogP contribution is 2.33. The van der Waals surface area contributed by atoms with Gasteiger partial charge in [-0.25, -0.2) is 14.8 Å². The van der Waals surface area contributed by atoms with Crippen LogP contribution in [0.15, 0.2) is 42.9 Å². The quantitative estimate of drug-likeness (QED) is 0.298. The van der Waals surface area contributed by atoms with Gasteiger partial charge in [-0.05, 0) is 36.1 Å². The van der Waals surface area contributed by atoms with Gasteiger partial charge in [-0.1, -0.05) is 69.8 Å². The number of imidazole rings is 1. The Bertz CT molecular complexity index is 1230. The summed E-state index contributed by atoms with van der Waals surface area (Å²) in [6.07, 6.45) is 1.99. The zero-order valence-corrected chi connectivity index (χ0v) is 22.9. The van der Waals surface area contributed by atoms with E-state index in [1.54, 1.807) is 36.7 Å². The van der Waals surface area contributed by atoms with E-state index >= 15 is 0 Å². The lowest BCUT2D eigenvalue weighted by atomic mass is 9.83. The predicted molar refractivity (Wildman–Crippen MR) is 145 cm³/mol. The molecule has 3 rings (SSSR count). The first kappa shape index (κ1) is 28.7. The van der Waals surface area contributed by atoms with Crippen molar-refractivity contribution < 1.29 is 19.8 Å². The fraction of sp³-hybridized carbons (Fsp3) is 0.462. The Balaban J connectivity index is 2.00. The summed E-state index contributed by atoms with van der Waals surface area (Å²) in [4.78, 5) is 35.5. The molecule has 200 valence electrons. The molecule has 2 amide bonds. The lowest BCUT2D eigenvalue weighted by molar-refractivity contribution is -0.128. The van der Waals surface area contributed by atoms with Gasteiger partial charge in [0.2, 0.25) is 0 Å². The number of carbonyl (C=O) groups is 2. The topological polar surface area (TPSA) is 121 Å². The van der Waals surface area contributed by atoms with Gasteiger partial charge in [0.05, 0.1) is 39.5 Å². The predicted octanol–water partition coefficient (Wildman–Crippen LogP) is 5.69. The highest BCUT2D eigenvalue weighted by Gasteiger charge is 2.42. The molecule has 3 atom stereocenters. The van der Waals surface area contributed by atoms with Gasteiger partial charge >= 0.3 is 6.09 Å². The largest absolute Gasteiger partial charge is 0.465 e. The van der Waals surface area contributed by atoms with E-state index in [2.05, 4.69) is 15.3 Å². The van der Waals surface area contributed by atoms with Crippen molar-refractivity contribution in [2.45, 2.75) is 71.7 Å². The van der Waals surface area contributed by atoms with Crippen LogP contribution in [0, 0.1) is 5.41 Å². The highest BCUT2D eigenvalue weighted by atomic mass is 35.5. The summed E-state index contributed by atoms with van der Waals surface area (Å²) in [5, 5.41) is 24.9. The Kier molecular flexibility index (Phi) is 9.39. The van der Waals surface area contributed by atoms with Crippen LogP contribution >= 0.6 is 23.2 Å². The van der Waals surface area contributed by atoms with Gasteiger partial charge in [-0.3, -0.25) is 9.69 Å². The maximum Gasteiger partial charge on any atom is 0.407 e. The van der Waals surface area contributed by atoms with Crippen LogP contribution in [0.5, 0.6) is 0 Å². The fourth-order valence-electron chi connectivity index (χ4n) is 4.34. The summed E-state index contributed by atoms with van der Waals surface area (Å²) in [6.45, 7) is 7.97. The molecule has 37 heavy (non-hydrogen) atoms. The van der Waals surface area contributed by atoms with E-state index < -0.39 is 35.6 Å². The first-order valence-corrected chi connectivity index (χ1v) is 12.9. The minimum Gasteiger partial charge on any atom is -0.465 e. The van der Waals surface area contributed by atoms with Gasteiger partial charge in [0, 0.05) is 12.7 Å². The van der Waals surface area contributed by atoms with Crippen molar-refractivity contribution in [3.63, 3.8) is 0 Å². The third kappa shape index (κ3) is 6.91. The Morgan fingerprint density at radius 2 is 1.86 bits per heavy atom. The summed E-state index contributed by atoms with van der Waals surface area (Å²) < 4.78 is 1.82. The molecular formula is C26H33Cl2N5O4. The molecule has 2 heterocycles. The SMILES string of the molecule is CCCC[C@@H]([C@H](O)C(=O)Nc1ccccn1)N(C(=O)O)[C@H](Cn1cnc2cc(Cl)c(Cl)cc21)C(C)(C)C. The Morgan fingerprint density at radius 3 is 2.46 bits per heavy atom. The van der Waals surface area contributed by atoms with Crippen molar-refractivity contribution in [2.75, 3.05) is 5.32 Å². The second kappa shape index (κ2) is 12.1. The number of unbranched alkanes of at least 4 members (excludes halogenated alkanes) is 1. The number of rotatable bonds is 10. The minimum atomic E-state index is -1.61. The van der Waals surface area contributed by atoms with Crippen molar-refractivity contribution in [1.82, 2.24) is 19.4 Å². The molecule has 0 saturated heterocycles. The second-order valence-corrected chi connectivity index (χ2v) is 10.9. The van der Waals surface area contributed by atoms with Crippen LogP contribution in [0.4, 0.5) is 10.6 Å². The number of benzene rings is 1. The van der Waals surface area contributed by atoms with E-state index in [4.69, 9.17) is 23.2 Å². The number of aliphatic hydroxyl groups is 1. The van der Waals surface area contributed by atoms with Crippen molar-refractivity contribution in [2.24, 2.45) is 5.41 Å². The average molecular weight is 550 g/mol. The molecule has 11 heteroatoms. The smallest absolute Gasteiger partial charge is 0.407 e. The molecule has 3 N–H and O–H groups in total. The Labute approximate surface area is 226 Å². The number of carboxylic acid groups (broad SMARTS) is 1. The maximum absolute atomic E-state index is 13.0. The van der Waals surface area contributed by atoms with Gasteiger partial charge in [0.1, 0.15) is 5.82 Å². The van der Waals surface area contributed by atoms with Crippen molar-refractivity contribution in [1.29, 1.82) is 0 Å². The summed E-state index contributed by atoms with van der Waals surface area (Å²) >= 11 is 12.4. The van der Waals surface area contributed by atoms with E-state index in [0.29, 0.717) is 33.9 Å². The van der Waals surface area contributed by atoms with Gasteiger partial charge in [0.25, 0.3) is 5.91 Å². The van der Waals surface area contributed by atoms with Crippen molar-refractivity contribution >= 4 is 52.1 Å². The van der Waals surface area contributed by atoms with Crippen molar-refractivity contribution in [3.05, 3.63) is 52.9 Å². The number of hydrogen-bond acceptors (Lipinski definition) is 5. The zero-order valence-electron chi connectivity index (χ0n) is 21.4. The molecule has 0 radical (unpaired) electrons. The van der Waals surface area contributed by atoms with Crippen LogP contribution in [0.2, 0.25) is 10.0 Å². The lowest BCUT2D eigenvalue weighted by Gasteiger charge is -2.44. The number of nitrogens with zero attached hydrogens (tertiary/aromatic N) is 4. The first-order chi connectivity index (χ1) is 17.4. The zero-order chi connectivity index (χ0) is 27.3. The molecular weight excluding hydrogens is 517 g/mol. The van der Waals surface area contributed by atoms with Gasteiger partial charge in [-0.15, -0.1) is 0 Å². The Hall–Kier alpha value is -2.88. The molecule has 0 spiro atoms. The standard InChI is InChI=1S/C26H33Cl2N5O4/c1-5-6-9-19(23(34)24(35)31-22-10-7-8-11-29-22)33(25(36)37)21(26(2,3)4)14-32-15-30-18-12-16(27)17(28)13-20(18)32/h7-8,10-13,15,19,21,23,34H,5-6,9,14H2,1-4H3,(H,36,37)(H,29,31,35)/t19-,21+,23-/m0/s1. The van der Waals surface area contributed by atoms with E-state index in [9.17, 15) is 19.8 Å². The van der Waals surface area contributed by atoms with Crippen molar-refractivity contribution in [3.8, 4) is 0 Å². The maximum atomic E-state index is 13.0. The first-order valence-electron chi connectivity index (χ1n) is 12.1. The molecule has 9 nitrogen and oxygen atoms in total. The number of halogens is 2. The monoisotopic (exact) mass is 549 g/mol. The lowest BCUT2D eigenvalue weighted by Crippen LogP contribution is -2.59. The molecule has 0 aliphatic heterocycles. The molecule has 0 bridgehead atoms. The number of aliphatic hydroxyl groups excluding tert-OH is 1. The van der Waals surface area contributed by atoms with Gasteiger partial charge < -0.3 is 20.1 Å². The minimum absolute atomic E-state index is 0.224. The summed E-state index contributed by atoms with van der Waals surface area (Å²) in [5.74, 6) is -0.441. The number of amides is 2. The highest BCUT2D eigenvalue weighted by molar-refractivity contribution is 6.42. The van der Waals surface area contributed by atoms with Gasteiger partial charge in [-0.2, -0.15) is 0 Å². The van der Waals surface area contributed by atoms with Crippen LogP contribution in [0.25, 0.3) is 11.0 Å². The molecule has 1 aromatic carbocycles. The van der Waals surface area contributed by atoms with Crippen LogP contribution in [0.3, 0.4) is 0 Å². The molecule has 0 aliphatic carbocycles. The van der Waals surface area contributed by atoms with Crippen LogP contribution < -0.4 is 5.32 Å². The van der Waals surface area contributed by atoms with Crippen LogP contribution in [0.1, 0.15) is 47.0 Å². The van der Waals surface area contributed by atoms with Crippen LogP contribution in [-0.2, 0) is 11.3 Å². The molecule has 0 unspecified atom stereocenters. The molecule has 0 saturated carbocycles.